The molecule has 0 saturated heterocycles. The summed E-state index contributed by atoms with van der Waals surface area (Å²) in [7, 11) is 0. The highest BCUT2D eigenvalue weighted by atomic mass is 32.2. The molecular weight excluding hydrogens is 378 g/mol. The topological polar surface area (TPSA) is 96.1 Å². The van der Waals surface area contributed by atoms with Gasteiger partial charge in [-0.15, -0.1) is 0 Å². The number of nitrogens with two attached hydrogens (primary N) is 2. The average molecular weight is 402 g/mol. The van der Waals surface area contributed by atoms with Crippen LogP contribution in [0.2, 0.25) is 0 Å². The maximum absolute atomic E-state index is 10.9. The molecule has 5 heteroatoms. The van der Waals surface area contributed by atoms with Crippen molar-refractivity contribution >= 4 is 23.0 Å². The molecule has 146 valence electrons. The van der Waals surface area contributed by atoms with Gasteiger partial charge in [0.2, 0.25) is 0 Å². The Morgan fingerprint density at radius 3 is 2.48 bits per heavy atom. The first kappa shape index (κ1) is 20.5. The predicted molar refractivity (Wildman–Crippen MR) is 120 cm³/mol. The molecular formula is C24H23N3OS. The van der Waals surface area contributed by atoms with Crippen LogP contribution < -0.4 is 11.5 Å². The van der Waals surface area contributed by atoms with Gasteiger partial charge in [-0.25, -0.2) is 0 Å². The fourth-order valence-electron chi connectivity index (χ4n) is 3.18. The van der Waals surface area contributed by atoms with Crippen LogP contribution in [-0.2, 0) is 0 Å². The Kier molecular flexibility index (Phi) is 6.28. The third-order valence-electron chi connectivity index (χ3n) is 4.71. The van der Waals surface area contributed by atoms with E-state index in [0.717, 1.165) is 21.6 Å². The van der Waals surface area contributed by atoms with Crippen LogP contribution >= 0.6 is 11.8 Å². The number of nitrogen functional groups attached to an aromatic ring is 1. The summed E-state index contributed by atoms with van der Waals surface area (Å²) in [4.78, 5) is 0.796. The van der Waals surface area contributed by atoms with Crippen LogP contribution in [-0.4, -0.2) is 5.11 Å². The third-order valence-corrected chi connectivity index (χ3v) is 5.72. The maximum atomic E-state index is 10.9. The van der Waals surface area contributed by atoms with Gasteiger partial charge in [0, 0.05) is 10.6 Å². The maximum Gasteiger partial charge on any atom is 0.104 e. The van der Waals surface area contributed by atoms with E-state index in [9.17, 15) is 10.4 Å². The molecule has 0 saturated carbocycles. The zero-order valence-electron chi connectivity index (χ0n) is 16.4. The van der Waals surface area contributed by atoms with Crippen LogP contribution in [0, 0.1) is 25.2 Å². The summed E-state index contributed by atoms with van der Waals surface area (Å²) >= 11 is 1.26. The Morgan fingerprint density at radius 1 is 1.03 bits per heavy atom. The van der Waals surface area contributed by atoms with Crippen molar-refractivity contribution in [2.75, 3.05) is 5.73 Å². The minimum atomic E-state index is -0.783. The van der Waals surface area contributed by atoms with Gasteiger partial charge in [-0.2, -0.15) is 5.26 Å². The lowest BCUT2D eigenvalue weighted by atomic mass is 9.94. The number of nitrogens with zero attached hydrogens (tertiary/aromatic N) is 1. The van der Waals surface area contributed by atoms with Gasteiger partial charge in [0.1, 0.15) is 12.2 Å². The van der Waals surface area contributed by atoms with Crippen molar-refractivity contribution in [3.05, 3.63) is 99.6 Å². The van der Waals surface area contributed by atoms with E-state index >= 15 is 0 Å². The van der Waals surface area contributed by atoms with Crippen molar-refractivity contribution in [2.45, 2.75) is 24.8 Å². The van der Waals surface area contributed by atoms with Gasteiger partial charge in [0.15, 0.2) is 0 Å². The van der Waals surface area contributed by atoms with Crippen molar-refractivity contribution in [1.29, 1.82) is 5.26 Å². The molecule has 1 unspecified atom stereocenters. The summed E-state index contributed by atoms with van der Waals surface area (Å²) in [5, 5.41) is 21.0. The number of para-hydroxylation sites is 1. The smallest absolute Gasteiger partial charge is 0.104 e. The van der Waals surface area contributed by atoms with Crippen molar-refractivity contribution in [3.63, 3.8) is 0 Å². The average Bonchev–Trinajstić information content (AvgIpc) is 2.70. The van der Waals surface area contributed by atoms with Gasteiger partial charge in [-0.3, -0.25) is 0 Å². The van der Waals surface area contributed by atoms with Crippen LogP contribution in [0.3, 0.4) is 0 Å². The molecule has 0 aromatic heterocycles. The van der Waals surface area contributed by atoms with Gasteiger partial charge in [-0.1, -0.05) is 65.9 Å². The van der Waals surface area contributed by atoms with E-state index in [1.807, 2.05) is 74.5 Å². The largest absolute Gasteiger partial charge is 0.398 e. The first-order chi connectivity index (χ1) is 13.9. The van der Waals surface area contributed by atoms with Crippen LogP contribution in [0.25, 0.3) is 5.57 Å². The number of aliphatic hydroxyl groups excluding tert-OH is 1. The van der Waals surface area contributed by atoms with Gasteiger partial charge < -0.3 is 16.6 Å². The van der Waals surface area contributed by atoms with Crippen molar-refractivity contribution in [2.24, 2.45) is 5.73 Å². The molecule has 3 rings (SSSR count). The number of thioether (sulfide) groups is 1. The quantitative estimate of drug-likeness (QED) is 0.321. The Morgan fingerprint density at radius 2 is 1.79 bits per heavy atom. The fraction of sp³-hybridized carbons (Fsp3) is 0.125. The number of allylic oxidation sites excluding steroid dienone is 1. The summed E-state index contributed by atoms with van der Waals surface area (Å²) < 4.78 is 0. The summed E-state index contributed by atoms with van der Waals surface area (Å²) in [5.74, 6) is 0. The highest BCUT2D eigenvalue weighted by Gasteiger charge is 2.16. The molecule has 0 spiro atoms. The SMILES string of the molecule is Cc1ccc(C(O)c2cccc(/C(C#N)=C(\N)Sc3ccccc3N)c2)c(C)c1. The zero-order valence-corrected chi connectivity index (χ0v) is 17.2. The number of aryl methyl sites for hydroxylation is 2. The lowest BCUT2D eigenvalue weighted by Crippen LogP contribution is -2.04. The number of benzene rings is 3. The molecule has 0 bridgehead atoms. The summed E-state index contributed by atoms with van der Waals surface area (Å²) in [6.45, 7) is 4.00. The molecule has 0 aliphatic carbocycles. The molecule has 3 aromatic carbocycles. The Bertz CT molecular complexity index is 1120. The zero-order chi connectivity index (χ0) is 21.0. The van der Waals surface area contributed by atoms with E-state index in [0.29, 0.717) is 27.4 Å². The number of hydrogen-bond acceptors (Lipinski definition) is 5. The van der Waals surface area contributed by atoms with Crippen LogP contribution in [0.5, 0.6) is 0 Å². The second-order valence-electron chi connectivity index (χ2n) is 6.88. The number of hydrogen-bond donors (Lipinski definition) is 3. The van der Waals surface area contributed by atoms with Crippen LogP contribution in [0.1, 0.15) is 33.9 Å². The standard InChI is InChI=1S/C24H23N3OS/c1-15-10-11-19(16(2)12-15)23(28)18-7-5-6-17(13-18)20(14-25)24(27)29-22-9-4-3-8-21(22)26/h3-13,23,28H,26-27H2,1-2H3/b24-20+. The van der Waals surface area contributed by atoms with Crippen molar-refractivity contribution < 1.29 is 5.11 Å². The molecule has 0 aliphatic rings. The normalized spacial score (nSPS) is 12.8. The molecule has 0 radical (unpaired) electrons. The summed E-state index contributed by atoms with van der Waals surface area (Å²) in [6.07, 6.45) is -0.783. The predicted octanol–water partition coefficient (Wildman–Crippen LogP) is 4.91. The summed E-state index contributed by atoms with van der Waals surface area (Å²) in [6, 6.07) is 22.8. The van der Waals surface area contributed by atoms with E-state index in [2.05, 4.69) is 6.07 Å². The van der Waals surface area contributed by atoms with E-state index in [1.165, 1.54) is 11.8 Å². The Hall–Kier alpha value is -3.20. The Balaban J connectivity index is 1.96. The molecule has 3 aromatic rings. The van der Waals surface area contributed by atoms with E-state index in [4.69, 9.17) is 11.5 Å². The first-order valence-electron chi connectivity index (χ1n) is 9.18. The number of nitriles is 1. The van der Waals surface area contributed by atoms with E-state index in [1.54, 1.807) is 6.07 Å². The fourth-order valence-corrected chi connectivity index (χ4v) is 4.02. The molecule has 29 heavy (non-hydrogen) atoms. The molecule has 0 aliphatic heterocycles. The third kappa shape index (κ3) is 4.62. The van der Waals surface area contributed by atoms with Crippen molar-refractivity contribution in [3.8, 4) is 6.07 Å². The first-order valence-corrected chi connectivity index (χ1v) is 10.00. The van der Waals surface area contributed by atoms with Crippen molar-refractivity contribution in [1.82, 2.24) is 0 Å². The number of anilines is 1. The summed E-state index contributed by atoms with van der Waals surface area (Å²) in [5.41, 5.74) is 17.6. The number of rotatable bonds is 5. The molecule has 0 fully saturated rings. The molecule has 5 N–H and O–H groups in total. The van der Waals surface area contributed by atoms with Gasteiger partial charge in [0.25, 0.3) is 0 Å². The lowest BCUT2D eigenvalue weighted by Gasteiger charge is -2.16. The van der Waals surface area contributed by atoms with Gasteiger partial charge >= 0.3 is 0 Å². The highest BCUT2D eigenvalue weighted by molar-refractivity contribution is 8.03. The molecule has 0 amide bonds. The molecule has 4 nitrogen and oxygen atoms in total. The van der Waals surface area contributed by atoms with E-state index < -0.39 is 6.10 Å². The van der Waals surface area contributed by atoms with Gasteiger partial charge in [0.05, 0.1) is 10.6 Å². The second kappa shape index (κ2) is 8.87. The Labute approximate surface area is 175 Å². The van der Waals surface area contributed by atoms with Crippen LogP contribution in [0.15, 0.2) is 76.7 Å². The van der Waals surface area contributed by atoms with Crippen LogP contribution in [0.4, 0.5) is 5.69 Å². The molecule has 1 atom stereocenters. The number of aliphatic hydroxyl groups is 1. The molecule has 0 heterocycles. The lowest BCUT2D eigenvalue weighted by molar-refractivity contribution is 0.219. The highest BCUT2D eigenvalue weighted by Crippen LogP contribution is 2.34. The second-order valence-corrected chi connectivity index (χ2v) is 7.96. The minimum absolute atomic E-state index is 0.355. The minimum Gasteiger partial charge on any atom is -0.398 e. The monoisotopic (exact) mass is 401 g/mol. The van der Waals surface area contributed by atoms with E-state index in [-0.39, 0.29) is 0 Å². The van der Waals surface area contributed by atoms with Gasteiger partial charge in [-0.05, 0) is 54.3 Å².